The summed E-state index contributed by atoms with van der Waals surface area (Å²) in [6, 6.07) is 18.0. The minimum Gasteiger partial charge on any atom is -0.508 e. The van der Waals surface area contributed by atoms with Crippen LogP contribution >= 0.6 is 0 Å². The highest BCUT2D eigenvalue weighted by Crippen LogP contribution is 2.50. The lowest BCUT2D eigenvalue weighted by Gasteiger charge is -2.31. The van der Waals surface area contributed by atoms with Crippen molar-refractivity contribution in [1.29, 1.82) is 0 Å². The number of nitrogens with zero attached hydrogens (tertiary/aromatic N) is 2. The smallest absolute Gasteiger partial charge is 0.340 e. The summed E-state index contributed by atoms with van der Waals surface area (Å²) in [7, 11) is 3.83. The number of cyclic esters (lactones) is 1. The monoisotopic (exact) mass is 440 g/mol. The molecular weight excluding hydrogens is 416 g/mol. The number of phenols is 1. The highest BCUT2D eigenvalue weighted by Gasteiger charge is 2.51. The zero-order chi connectivity index (χ0) is 23.5. The fraction of sp³-hybridized carbons (Fsp3) is 0.185. The Kier molecular flexibility index (Phi) is 4.57. The highest BCUT2D eigenvalue weighted by molar-refractivity contribution is 6.04. The standard InChI is InChI=1S/C27H24N2O4/c1-16-24(17(2)30)23-7-5-6-14-29(23)25(16)27(18-8-11-20(31)12-9-18)22-13-10-19(28(3)4)15-21(22)26(32)33-27/h5-15,31H,1-4H3. The van der Waals surface area contributed by atoms with E-state index in [2.05, 4.69) is 0 Å². The largest absolute Gasteiger partial charge is 0.508 e. The van der Waals surface area contributed by atoms with Gasteiger partial charge >= 0.3 is 5.97 Å². The van der Waals surface area contributed by atoms with E-state index in [4.69, 9.17) is 4.74 Å². The number of fused-ring (bicyclic) bond motifs is 2. The van der Waals surface area contributed by atoms with Crippen LogP contribution < -0.4 is 4.90 Å². The number of esters is 1. The Bertz CT molecular complexity index is 1430. The lowest BCUT2D eigenvalue weighted by atomic mass is 9.80. The Morgan fingerprint density at radius 3 is 2.45 bits per heavy atom. The number of pyridine rings is 1. The fourth-order valence-electron chi connectivity index (χ4n) is 4.97. The first kappa shape index (κ1) is 20.8. The molecule has 1 aliphatic heterocycles. The third-order valence-corrected chi connectivity index (χ3v) is 6.41. The van der Waals surface area contributed by atoms with E-state index in [1.54, 1.807) is 31.2 Å². The van der Waals surface area contributed by atoms with Crippen molar-refractivity contribution in [2.75, 3.05) is 19.0 Å². The number of carbonyl (C=O) groups is 2. The Balaban J connectivity index is 1.93. The predicted octanol–water partition coefficient (Wildman–Crippen LogP) is 4.68. The van der Waals surface area contributed by atoms with E-state index in [0.717, 1.165) is 16.8 Å². The first-order valence-corrected chi connectivity index (χ1v) is 10.7. The Hall–Kier alpha value is -4.06. The van der Waals surface area contributed by atoms with Gasteiger partial charge in [0.15, 0.2) is 5.78 Å². The van der Waals surface area contributed by atoms with Gasteiger partial charge in [-0.25, -0.2) is 4.79 Å². The summed E-state index contributed by atoms with van der Waals surface area (Å²) in [5.41, 5.74) is 4.25. The van der Waals surface area contributed by atoms with Crippen LogP contribution in [0.1, 0.15) is 50.0 Å². The number of rotatable bonds is 4. The average Bonchev–Trinajstić information content (AvgIpc) is 3.25. The number of aromatic nitrogens is 1. The molecule has 1 atom stereocenters. The summed E-state index contributed by atoms with van der Waals surface area (Å²) >= 11 is 0. The molecule has 2 aromatic carbocycles. The van der Waals surface area contributed by atoms with Crippen LogP contribution in [0.15, 0.2) is 66.9 Å². The van der Waals surface area contributed by atoms with Crippen LogP contribution in [-0.2, 0) is 10.3 Å². The van der Waals surface area contributed by atoms with Crippen molar-refractivity contribution in [3.8, 4) is 5.75 Å². The molecule has 0 aliphatic carbocycles. The summed E-state index contributed by atoms with van der Waals surface area (Å²) in [4.78, 5) is 27.9. The van der Waals surface area contributed by atoms with Crippen LogP contribution in [0.2, 0.25) is 0 Å². The lowest BCUT2D eigenvalue weighted by Crippen LogP contribution is -2.32. The normalized spacial score (nSPS) is 17.2. The number of aromatic hydroxyl groups is 1. The topological polar surface area (TPSA) is 71.2 Å². The molecule has 0 radical (unpaired) electrons. The van der Waals surface area contributed by atoms with E-state index in [9.17, 15) is 14.7 Å². The molecule has 0 saturated carbocycles. The van der Waals surface area contributed by atoms with E-state index in [0.29, 0.717) is 27.9 Å². The molecule has 4 aromatic rings. The maximum Gasteiger partial charge on any atom is 0.340 e. The van der Waals surface area contributed by atoms with E-state index in [1.807, 2.05) is 72.9 Å². The van der Waals surface area contributed by atoms with Crippen molar-refractivity contribution in [2.24, 2.45) is 0 Å². The van der Waals surface area contributed by atoms with Crippen molar-refractivity contribution >= 4 is 23.0 Å². The number of carbonyl (C=O) groups excluding carboxylic acids is 2. The van der Waals surface area contributed by atoms with Crippen LogP contribution in [-0.4, -0.2) is 35.4 Å². The van der Waals surface area contributed by atoms with Gasteiger partial charge in [0.05, 0.1) is 16.8 Å². The van der Waals surface area contributed by atoms with Gasteiger partial charge in [0.1, 0.15) is 5.75 Å². The van der Waals surface area contributed by atoms with Gasteiger partial charge in [-0.1, -0.05) is 24.3 Å². The Labute approximate surface area is 191 Å². The highest BCUT2D eigenvalue weighted by atomic mass is 16.6. The number of phenolic OH excluding ortho intramolecular Hbond substituents is 1. The SMILES string of the molecule is CC(=O)c1c(C)c(C2(c3ccc(O)cc3)OC(=O)c3cc(N(C)C)ccc32)n2ccccc12. The molecule has 5 rings (SSSR count). The second-order valence-electron chi connectivity index (χ2n) is 8.60. The van der Waals surface area contributed by atoms with Gasteiger partial charge in [-0.3, -0.25) is 4.79 Å². The first-order valence-electron chi connectivity index (χ1n) is 10.7. The van der Waals surface area contributed by atoms with Gasteiger partial charge < -0.3 is 19.1 Å². The van der Waals surface area contributed by atoms with Crippen LogP contribution in [0.25, 0.3) is 5.52 Å². The molecule has 0 fully saturated rings. The molecule has 1 aliphatic rings. The molecule has 6 heteroatoms. The molecule has 2 aromatic heterocycles. The maximum absolute atomic E-state index is 13.3. The van der Waals surface area contributed by atoms with Crippen molar-refractivity contribution in [2.45, 2.75) is 19.4 Å². The number of ether oxygens (including phenoxy) is 1. The summed E-state index contributed by atoms with van der Waals surface area (Å²) in [6.07, 6.45) is 1.88. The molecule has 3 heterocycles. The van der Waals surface area contributed by atoms with Crippen LogP contribution in [0.5, 0.6) is 5.75 Å². The predicted molar refractivity (Wildman–Crippen MR) is 126 cm³/mol. The van der Waals surface area contributed by atoms with E-state index in [-0.39, 0.29) is 11.5 Å². The molecule has 0 saturated heterocycles. The quantitative estimate of drug-likeness (QED) is 0.368. The summed E-state index contributed by atoms with van der Waals surface area (Å²) in [5, 5.41) is 9.94. The van der Waals surface area contributed by atoms with Gasteiger partial charge in [0.25, 0.3) is 0 Å². The van der Waals surface area contributed by atoms with Crippen molar-refractivity contribution < 1.29 is 19.4 Å². The number of ketones is 1. The third-order valence-electron chi connectivity index (χ3n) is 6.41. The van der Waals surface area contributed by atoms with Crippen molar-refractivity contribution in [3.63, 3.8) is 0 Å². The fourth-order valence-corrected chi connectivity index (χ4v) is 4.97. The van der Waals surface area contributed by atoms with Crippen LogP contribution in [0.3, 0.4) is 0 Å². The molecule has 0 amide bonds. The van der Waals surface area contributed by atoms with Gasteiger partial charge in [0.2, 0.25) is 5.60 Å². The molecule has 33 heavy (non-hydrogen) atoms. The molecular formula is C27H24N2O4. The zero-order valence-electron chi connectivity index (χ0n) is 18.9. The van der Waals surface area contributed by atoms with Gasteiger partial charge in [-0.2, -0.15) is 0 Å². The molecule has 1 unspecified atom stereocenters. The van der Waals surface area contributed by atoms with Crippen molar-refractivity contribution in [3.05, 3.63) is 100 Å². The van der Waals surface area contributed by atoms with Gasteiger partial charge in [-0.15, -0.1) is 0 Å². The number of hydrogen-bond acceptors (Lipinski definition) is 5. The third kappa shape index (κ3) is 2.87. The Morgan fingerprint density at radius 1 is 1.06 bits per heavy atom. The zero-order valence-corrected chi connectivity index (χ0v) is 18.9. The minimum absolute atomic E-state index is 0.0594. The number of benzene rings is 2. The molecule has 0 spiro atoms. The summed E-state index contributed by atoms with van der Waals surface area (Å²) in [6.45, 7) is 3.44. The number of Topliss-reactive ketones (excluding diaryl/α,β-unsaturated/α-hetero) is 1. The molecule has 1 N–H and O–H groups in total. The van der Waals surface area contributed by atoms with E-state index < -0.39 is 11.6 Å². The maximum atomic E-state index is 13.3. The van der Waals surface area contributed by atoms with E-state index >= 15 is 0 Å². The first-order chi connectivity index (χ1) is 15.8. The average molecular weight is 440 g/mol. The second kappa shape index (κ2) is 7.24. The second-order valence-corrected chi connectivity index (χ2v) is 8.60. The summed E-state index contributed by atoms with van der Waals surface area (Å²) in [5.74, 6) is -0.380. The lowest BCUT2D eigenvalue weighted by molar-refractivity contribution is 0.0235. The molecule has 0 bridgehead atoms. The van der Waals surface area contributed by atoms with Crippen LogP contribution in [0.4, 0.5) is 5.69 Å². The van der Waals surface area contributed by atoms with Gasteiger partial charge in [0, 0.05) is 42.7 Å². The Morgan fingerprint density at radius 2 is 1.79 bits per heavy atom. The number of hydrogen-bond donors (Lipinski definition) is 1. The van der Waals surface area contributed by atoms with E-state index in [1.165, 1.54) is 0 Å². The molecule has 6 nitrogen and oxygen atoms in total. The summed E-state index contributed by atoms with van der Waals surface area (Å²) < 4.78 is 8.21. The number of anilines is 1. The van der Waals surface area contributed by atoms with Gasteiger partial charge in [-0.05, 0) is 55.8 Å². The molecule has 166 valence electrons. The minimum atomic E-state index is -1.28. The van der Waals surface area contributed by atoms with Crippen molar-refractivity contribution in [1.82, 2.24) is 4.40 Å². The van der Waals surface area contributed by atoms with Crippen LogP contribution in [0, 0.1) is 6.92 Å².